The van der Waals surface area contributed by atoms with Crippen molar-refractivity contribution in [1.82, 2.24) is 0 Å². The summed E-state index contributed by atoms with van der Waals surface area (Å²) in [5.74, 6) is 0.461. The molecule has 0 aliphatic heterocycles. The van der Waals surface area contributed by atoms with E-state index in [-0.39, 0.29) is 11.0 Å². The fraction of sp³-hybridized carbons (Fsp3) is 0.833. The Balaban J connectivity index is 2.58. The third-order valence-corrected chi connectivity index (χ3v) is 3.20. The molecule has 0 radical (unpaired) electrons. The molecular weight excluding hydrogens is 206 g/mol. The lowest BCUT2D eigenvalue weighted by Crippen LogP contribution is -2.37. The number of rotatable bonds is 5. The van der Waals surface area contributed by atoms with Crippen LogP contribution in [0.1, 0.15) is 40.0 Å². The third-order valence-electron chi connectivity index (χ3n) is 3.20. The van der Waals surface area contributed by atoms with Gasteiger partial charge in [0, 0.05) is 11.3 Å². The zero-order chi connectivity index (χ0) is 12.1. The van der Waals surface area contributed by atoms with E-state index in [1.807, 2.05) is 13.0 Å². The van der Waals surface area contributed by atoms with Gasteiger partial charge in [-0.25, -0.2) is 0 Å². The predicted molar refractivity (Wildman–Crippen MR) is 63.0 cm³/mol. The lowest BCUT2D eigenvalue weighted by Gasteiger charge is -2.24. The Labute approximate surface area is 96.8 Å². The molecule has 0 saturated heterocycles. The van der Waals surface area contributed by atoms with Crippen LogP contribution in [0.2, 0.25) is 0 Å². The molecule has 0 saturated carbocycles. The molecule has 0 amide bonds. The second-order valence-electron chi connectivity index (χ2n) is 4.72. The first-order chi connectivity index (χ1) is 7.54. The highest BCUT2D eigenvalue weighted by molar-refractivity contribution is 5.09. The molecule has 0 N–H and O–H groups in total. The van der Waals surface area contributed by atoms with Gasteiger partial charge in [0.05, 0.1) is 6.61 Å². The highest BCUT2D eigenvalue weighted by atomic mass is 16.6. The highest BCUT2D eigenvalue weighted by Gasteiger charge is 2.33. The zero-order valence-electron chi connectivity index (χ0n) is 10.3. The number of nitro groups is 1. The van der Waals surface area contributed by atoms with Crippen molar-refractivity contribution in [2.75, 3.05) is 6.61 Å². The maximum atomic E-state index is 10.9. The Morgan fingerprint density at radius 2 is 2.38 bits per heavy atom. The van der Waals surface area contributed by atoms with Crippen molar-refractivity contribution in [1.29, 1.82) is 0 Å². The SMILES string of the molecule is CCC(C)CO[C@@H]1C=C(C)CC[C@H]1[N+](=O)[O-]. The molecule has 0 fully saturated rings. The molecule has 0 aromatic carbocycles. The molecule has 16 heavy (non-hydrogen) atoms. The van der Waals surface area contributed by atoms with Crippen LogP contribution in [0.5, 0.6) is 0 Å². The molecule has 4 heteroatoms. The average Bonchev–Trinajstić information content (AvgIpc) is 2.25. The standard InChI is InChI=1S/C12H21NO3/c1-4-9(2)8-16-12-7-10(3)5-6-11(12)13(14)15/h7,9,11-12H,4-6,8H2,1-3H3/t9?,11-,12-/m1/s1. The molecule has 0 bridgehead atoms. The van der Waals surface area contributed by atoms with Crippen LogP contribution in [0.15, 0.2) is 11.6 Å². The van der Waals surface area contributed by atoms with E-state index in [0.717, 1.165) is 12.8 Å². The molecule has 4 nitrogen and oxygen atoms in total. The van der Waals surface area contributed by atoms with Crippen molar-refractivity contribution in [3.05, 3.63) is 21.8 Å². The molecule has 1 aliphatic carbocycles. The van der Waals surface area contributed by atoms with Gasteiger partial charge in [0.2, 0.25) is 6.04 Å². The molecule has 0 spiro atoms. The highest BCUT2D eigenvalue weighted by Crippen LogP contribution is 2.23. The van der Waals surface area contributed by atoms with E-state index in [1.165, 1.54) is 5.57 Å². The summed E-state index contributed by atoms with van der Waals surface area (Å²) in [6, 6.07) is -0.562. The van der Waals surface area contributed by atoms with Gasteiger partial charge in [-0.1, -0.05) is 31.9 Å². The summed E-state index contributed by atoms with van der Waals surface area (Å²) in [6.07, 6.45) is 4.03. The largest absolute Gasteiger partial charge is 0.367 e. The summed E-state index contributed by atoms with van der Waals surface area (Å²) >= 11 is 0. The van der Waals surface area contributed by atoms with Crippen LogP contribution < -0.4 is 0 Å². The van der Waals surface area contributed by atoms with Gasteiger partial charge in [-0.2, -0.15) is 0 Å². The van der Waals surface area contributed by atoms with Crippen LogP contribution in [0.25, 0.3) is 0 Å². The van der Waals surface area contributed by atoms with Gasteiger partial charge in [-0.05, 0) is 19.3 Å². The summed E-state index contributed by atoms with van der Waals surface area (Å²) in [6.45, 7) is 6.81. The van der Waals surface area contributed by atoms with Crippen LogP contribution in [0.3, 0.4) is 0 Å². The van der Waals surface area contributed by atoms with Gasteiger partial charge in [-0.15, -0.1) is 0 Å². The average molecular weight is 227 g/mol. The predicted octanol–water partition coefficient (Wildman–Crippen LogP) is 2.80. The van der Waals surface area contributed by atoms with Crippen LogP contribution in [-0.2, 0) is 4.74 Å². The Morgan fingerprint density at radius 1 is 1.69 bits per heavy atom. The van der Waals surface area contributed by atoms with Crippen LogP contribution in [0, 0.1) is 16.0 Å². The van der Waals surface area contributed by atoms with E-state index in [1.54, 1.807) is 0 Å². The lowest BCUT2D eigenvalue weighted by atomic mass is 9.94. The smallest absolute Gasteiger partial charge is 0.242 e. The van der Waals surface area contributed by atoms with Crippen molar-refractivity contribution in [3.8, 4) is 0 Å². The first-order valence-electron chi connectivity index (χ1n) is 5.97. The fourth-order valence-electron chi connectivity index (χ4n) is 1.79. The van der Waals surface area contributed by atoms with Gasteiger partial charge in [0.15, 0.2) is 0 Å². The second-order valence-corrected chi connectivity index (χ2v) is 4.72. The van der Waals surface area contributed by atoms with Gasteiger partial charge >= 0.3 is 0 Å². The Morgan fingerprint density at radius 3 is 2.94 bits per heavy atom. The Bertz CT molecular complexity index is 275. The van der Waals surface area contributed by atoms with E-state index in [2.05, 4.69) is 13.8 Å². The normalized spacial score (nSPS) is 27.3. The number of ether oxygens (including phenoxy) is 1. The van der Waals surface area contributed by atoms with E-state index >= 15 is 0 Å². The van der Waals surface area contributed by atoms with Gasteiger partial charge in [0.1, 0.15) is 6.10 Å². The number of allylic oxidation sites excluding steroid dienone is 1. The minimum atomic E-state index is -0.562. The fourth-order valence-corrected chi connectivity index (χ4v) is 1.79. The van der Waals surface area contributed by atoms with E-state index < -0.39 is 6.04 Å². The van der Waals surface area contributed by atoms with Crippen molar-refractivity contribution in [2.45, 2.75) is 52.2 Å². The van der Waals surface area contributed by atoms with E-state index in [4.69, 9.17) is 4.74 Å². The van der Waals surface area contributed by atoms with Crippen LogP contribution in [0.4, 0.5) is 0 Å². The van der Waals surface area contributed by atoms with E-state index in [0.29, 0.717) is 18.9 Å². The minimum Gasteiger partial charge on any atom is -0.367 e. The monoisotopic (exact) mass is 227 g/mol. The minimum absolute atomic E-state index is 0.204. The summed E-state index contributed by atoms with van der Waals surface area (Å²) in [4.78, 5) is 10.7. The lowest BCUT2D eigenvalue weighted by molar-refractivity contribution is -0.534. The number of hydrogen-bond donors (Lipinski definition) is 0. The molecule has 0 heterocycles. The molecule has 0 aromatic rings. The molecule has 3 atom stereocenters. The number of nitrogens with zero attached hydrogens (tertiary/aromatic N) is 1. The quantitative estimate of drug-likeness (QED) is 0.412. The molecule has 1 unspecified atom stereocenters. The van der Waals surface area contributed by atoms with Crippen LogP contribution in [-0.4, -0.2) is 23.7 Å². The van der Waals surface area contributed by atoms with Crippen molar-refractivity contribution in [3.63, 3.8) is 0 Å². The maximum Gasteiger partial charge on any atom is 0.242 e. The van der Waals surface area contributed by atoms with Crippen molar-refractivity contribution >= 4 is 0 Å². The second kappa shape index (κ2) is 5.99. The Kier molecular flexibility index (Phi) is 4.93. The zero-order valence-corrected chi connectivity index (χ0v) is 10.3. The van der Waals surface area contributed by atoms with Crippen molar-refractivity contribution in [2.24, 2.45) is 5.92 Å². The first-order valence-corrected chi connectivity index (χ1v) is 5.97. The first kappa shape index (κ1) is 13.2. The summed E-state index contributed by atoms with van der Waals surface area (Å²) in [5.41, 5.74) is 1.20. The maximum absolute atomic E-state index is 10.9. The van der Waals surface area contributed by atoms with Gasteiger partial charge < -0.3 is 4.74 Å². The van der Waals surface area contributed by atoms with Crippen LogP contribution >= 0.6 is 0 Å². The van der Waals surface area contributed by atoms with Gasteiger partial charge in [-0.3, -0.25) is 10.1 Å². The number of hydrogen-bond acceptors (Lipinski definition) is 3. The third kappa shape index (κ3) is 3.59. The molecule has 1 rings (SSSR count). The summed E-state index contributed by atoms with van der Waals surface area (Å²) < 4.78 is 5.66. The molecular formula is C12H21NO3. The summed E-state index contributed by atoms with van der Waals surface area (Å²) in [5, 5.41) is 10.9. The van der Waals surface area contributed by atoms with Crippen molar-refractivity contribution < 1.29 is 9.66 Å². The molecule has 92 valence electrons. The Hall–Kier alpha value is -0.900. The van der Waals surface area contributed by atoms with Gasteiger partial charge in [0.25, 0.3) is 0 Å². The summed E-state index contributed by atoms with van der Waals surface area (Å²) in [7, 11) is 0. The van der Waals surface area contributed by atoms with E-state index in [9.17, 15) is 10.1 Å². The molecule has 0 aromatic heterocycles. The molecule has 1 aliphatic rings. The topological polar surface area (TPSA) is 52.4 Å².